The minimum atomic E-state index is -0.376. The van der Waals surface area contributed by atoms with E-state index in [1.54, 1.807) is 23.1 Å². The van der Waals surface area contributed by atoms with Gasteiger partial charge in [-0.1, -0.05) is 12.1 Å². The summed E-state index contributed by atoms with van der Waals surface area (Å²) in [5, 5.41) is 2.86. The molecule has 1 fully saturated rings. The van der Waals surface area contributed by atoms with Crippen molar-refractivity contribution in [3.63, 3.8) is 0 Å². The van der Waals surface area contributed by atoms with Crippen LogP contribution in [0.3, 0.4) is 0 Å². The van der Waals surface area contributed by atoms with E-state index in [1.807, 2.05) is 31.2 Å². The monoisotopic (exact) mass is 338 g/mol. The summed E-state index contributed by atoms with van der Waals surface area (Å²) >= 11 is 0. The van der Waals surface area contributed by atoms with Crippen LogP contribution in [-0.2, 0) is 9.59 Å². The number of rotatable bonds is 3. The van der Waals surface area contributed by atoms with E-state index >= 15 is 0 Å². The van der Waals surface area contributed by atoms with Gasteiger partial charge in [-0.15, -0.1) is 0 Å². The van der Waals surface area contributed by atoms with Crippen LogP contribution in [0.5, 0.6) is 11.5 Å². The van der Waals surface area contributed by atoms with Crippen LogP contribution >= 0.6 is 0 Å². The number of amides is 2. The molecule has 1 saturated heterocycles. The van der Waals surface area contributed by atoms with Gasteiger partial charge in [-0.05, 0) is 36.8 Å². The molecule has 0 spiro atoms. The SMILES string of the molecule is Cc1cccc(N2C[C@H](C(=O)Nc3ccc4c(c3)OCO4)CC2=O)c1. The molecule has 0 saturated carbocycles. The van der Waals surface area contributed by atoms with Gasteiger partial charge in [-0.2, -0.15) is 0 Å². The second-order valence-electron chi connectivity index (χ2n) is 6.30. The van der Waals surface area contributed by atoms with Crippen molar-refractivity contribution in [1.29, 1.82) is 0 Å². The molecule has 25 heavy (non-hydrogen) atoms. The quantitative estimate of drug-likeness (QED) is 0.934. The highest BCUT2D eigenvalue weighted by molar-refractivity contribution is 6.03. The second kappa shape index (κ2) is 6.12. The van der Waals surface area contributed by atoms with Crippen molar-refractivity contribution in [1.82, 2.24) is 0 Å². The summed E-state index contributed by atoms with van der Waals surface area (Å²) < 4.78 is 10.6. The fourth-order valence-corrected chi connectivity index (χ4v) is 3.15. The molecule has 0 radical (unpaired) electrons. The lowest BCUT2D eigenvalue weighted by Crippen LogP contribution is -2.28. The van der Waals surface area contributed by atoms with Crippen molar-refractivity contribution in [2.45, 2.75) is 13.3 Å². The predicted octanol–water partition coefficient (Wildman–Crippen LogP) is 2.72. The lowest BCUT2D eigenvalue weighted by Gasteiger charge is -2.17. The fraction of sp³-hybridized carbons (Fsp3) is 0.263. The van der Waals surface area contributed by atoms with Crippen LogP contribution in [0.2, 0.25) is 0 Å². The Morgan fingerprint density at radius 2 is 2.00 bits per heavy atom. The zero-order chi connectivity index (χ0) is 17.4. The van der Waals surface area contributed by atoms with Gasteiger partial charge in [0.25, 0.3) is 0 Å². The Labute approximate surface area is 145 Å². The first-order chi connectivity index (χ1) is 12.1. The van der Waals surface area contributed by atoms with Crippen LogP contribution in [0.15, 0.2) is 42.5 Å². The van der Waals surface area contributed by atoms with E-state index in [0.29, 0.717) is 23.7 Å². The Kier molecular flexibility index (Phi) is 3.80. The molecule has 128 valence electrons. The standard InChI is InChI=1S/C19H18N2O4/c1-12-3-2-4-15(7-12)21-10-13(8-18(21)22)19(23)20-14-5-6-16-17(9-14)25-11-24-16/h2-7,9,13H,8,10-11H2,1H3,(H,20,23)/t13-/m1/s1. The number of carbonyl (C=O) groups excluding carboxylic acids is 2. The number of aryl methyl sites for hydroxylation is 1. The zero-order valence-corrected chi connectivity index (χ0v) is 13.8. The Balaban J connectivity index is 1.45. The van der Waals surface area contributed by atoms with Gasteiger partial charge >= 0.3 is 0 Å². The topological polar surface area (TPSA) is 67.9 Å². The third-order valence-electron chi connectivity index (χ3n) is 4.45. The molecule has 2 aromatic rings. The average molecular weight is 338 g/mol. The molecular weight excluding hydrogens is 320 g/mol. The van der Waals surface area contributed by atoms with E-state index in [9.17, 15) is 9.59 Å². The number of fused-ring (bicyclic) bond motifs is 1. The Morgan fingerprint density at radius 3 is 2.84 bits per heavy atom. The highest BCUT2D eigenvalue weighted by Gasteiger charge is 2.35. The molecule has 2 aliphatic rings. The smallest absolute Gasteiger partial charge is 0.231 e. The van der Waals surface area contributed by atoms with Crippen molar-refractivity contribution in [2.24, 2.45) is 5.92 Å². The highest BCUT2D eigenvalue weighted by Crippen LogP contribution is 2.34. The molecule has 4 rings (SSSR count). The molecule has 2 heterocycles. The summed E-state index contributed by atoms with van der Waals surface area (Å²) in [4.78, 5) is 26.5. The second-order valence-corrected chi connectivity index (χ2v) is 6.30. The summed E-state index contributed by atoms with van der Waals surface area (Å²) in [6.07, 6.45) is 0.213. The minimum Gasteiger partial charge on any atom is -0.454 e. The third kappa shape index (κ3) is 3.03. The van der Waals surface area contributed by atoms with E-state index < -0.39 is 0 Å². The van der Waals surface area contributed by atoms with Crippen LogP contribution in [0.4, 0.5) is 11.4 Å². The minimum absolute atomic E-state index is 0.0311. The molecule has 2 aromatic carbocycles. The van der Waals surface area contributed by atoms with Crippen molar-refractivity contribution in [3.8, 4) is 11.5 Å². The summed E-state index contributed by atoms with van der Waals surface area (Å²) in [6, 6.07) is 13.0. The summed E-state index contributed by atoms with van der Waals surface area (Å²) in [5.74, 6) is 0.707. The Bertz CT molecular complexity index is 849. The molecule has 6 nitrogen and oxygen atoms in total. The molecule has 0 aromatic heterocycles. The number of ether oxygens (including phenoxy) is 2. The number of hydrogen-bond acceptors (Lipinski definition) is 4. The van der Waals surface area contributed by atoms with Gasteiger partial charge in [0.05, 0.1) is 5.92 Å². The van der Waals surface area contributed by atoms with Gasteiger partial charge < -0.3 is 19.7 Å². The maximum atomic E-state index is 12.5. The first-order valence-corrected chi connectivity index (χ1v) is 8.18. The molecule has 1 atom stereocenters. The summed E-state index contributed by atoms with van der Waals surface area (Å²) in [6.45, 7) is 2.56. The van der Waals surface area contributed by atoms with Crippen molar-refractivity contribution < 1.29 is 19.1 Å². The number of carbonyl (C=O) groups is 2. The molecule has 6 heteroatoms. The number of anilines is 2. The molecule has 0 unspecified atom stereocenters. The van der Waals surface area contributed by atoms with Gasteiger partial charge in [0.1, 0.15) is 0 Å². The van der Waals surface area contributed by atoms with Crippen LogP contribution in [0.25, 0.3) is 0 Å². The van der Waals surface area contributed by atoms with Crippen LogP contribution in [-0.4, -0.2) is 25.2 Å². The van der Waals surface area contributed by atoms with Crippen LogP contribution in [0, 0.1) is 12.8 Å². The zero-order valence-electron chi connectivity index (χ0n) is 13.8. The van der Waals surface area contributed by atoms with E-state index in [0.717, 1.165) is 11.3 Å². The first-order valence-electron chi connectivity index (χ1n) is 8.18. The predicted molar refractivity (Wildman–Crippen MR) is 92.8 cm³/mol. The number of nitrogens with zero attached hydrogens (tertiary/aromatic N) is 1. The van der Waals surface area contributed by atoms with E-state index in [2.05, 4.69) is 5.32 Å². The van der Waals surface area contributed by atoms with E-state index in [4.69, 9.17) is 9.47 Å². The van der Waals surface area contributed by atoms with Crippen LogP contribution < -0.4 is 19.7 Å². The number of benzene rings is 2. The van der Waals surface area contributed by atoms with Gasteiger partial charge in [0.15, 0.2) is 11.5 Å². The van der Waals surface area contributed by atoms with Crippen molar-refractivity contribution in [3.05, 3.63) is 48.0 Å². The number of hydrogen-bond donors (Lipinski definition) is 1. The molecule has 2 amide bonds. The maximum Gasteiger partial charge on any atom is 0.231 e. The Morgan fingerprint density at radius 1 is 1.16 bits per heavy atom. The summed E-state index contributed by atoms with van der Waals surface area (Å²) in [5.41, 5.74) is 2.55. The molecule has 1 N–H and O–H groups in total. The van der Waals surface area contributed by atoms with E-state index in [-0.39, 0.29) is 30.9 Å². The van der Waals surface area contributed by atoms with Crippen LogP contribution in [0.1, 0.15) is 12.0 Å². The summed E-state index contributed by atoms with van der Waals surface area (Å²) in [7, 11) is 0. The fourth-order valence-electron chi connectivity index (χ4n) is 3.15. The van der Waals surface area contributed by atoms with Crippen molar-refractivity contribution in [2.75, 3.05) is 23.6 Å². The van der Waals surface area contributed by atoms with Crippen molar-refractivity contribution >= 4 is 23.2 Å². The van der Waals surface area contributed by atoms with Gasteiger partial charge in [-0.3, -0.25) is 9.59 Å². The lowest BCUT2D eigenvalue weighted by atomic mass is 10.1. The average Bonchev–Trinajstić information content (AvgIpc) is 3.20. The molecule has 0 aliphatic carbocycles. The lowest BCUT2D eigenvalue weighted by molar-refractivity contribution is -0.122. The van der Waals surface area contributed by atoms with Gasteiger partial charge in [-0.25, -0.2) is 0 Å². The van der Waals surface area contributed by atoms with E-state index in [1.165, 1.54) is 0 Å². The normalized spacial score (nSPS) is 18.5. The Hall–Kier alpha value is -3.02. The first kappa shape index (κ1) is 15.5. The molecular formula is C19H18N2O4. The molecule has 0 bridgehead atoms. The number of nitrogens with one attached hydrogen (secondary N) is 1. The third-order valence-corrected chi connectivity index (χ3v) is 4.45. The molecule has 2 aliphatic heterocycles. The largest absolute Gasteiger partial charge is 0.454 e. The van der Waals surface area contributed by atoms with Gasteiger partial charge in [0, 0.05) is 30.4 Å². The highest BCUT2D eigenvalue weighted by atomic mass is 16.7. The maximum absolute atomic E-state index is 12.5. The van der Waals surface area contributed by atoms with Gasteiger partial charge in [0.2, 0.25) is 18.6 Å².